The molecule has 16 heavy (non-hydrogen) atoms. The van der Waals surface area contributed by atoms with Gasteiger partial charge in [0.1, 0.15) is 0 Å². The Balaban J connectivity index is 2.23. The maximum Gasteiger partial charge on any atom is 0.0505 e. The Morgan fingerprint density at radius 1 is 1.56 bits per heavy atom. The van der Waals surface area contributed by atoms with E-state index in [0.717, 1.165) is 31.1 Å². The fraction of sp³-hybridized carbons (Fsp3) is 0.500. The predicted octanol–water partition coefficient (Wildman–Crippen LogP) is 2.99. The first-order valence-electron chi connectivity index (χ1n) is 5.62. The molecule has 0 bridgehead atoms. The molecule has 1 aliphatic heterocycles. The molecule has 0 aliphatic carbocycles. The number of halogens is 1. The molecule has 0 saturated carbocycles. The molecule has 4 heteroatoms. The van der Waals surface area contributed by atoms with Gasteiger partial charge in [0.15, 0.2) is 0 Å². The van der Waals surface area contributed by atoms with Gasteiger partial charge >= 0.3 is 0 Å². The molecule has 1 unspecified atom stereocenters. The molecule has 88 valence electrons. The summed E-state index contributed by atoms with van der Waals surface area (Å²) in [6.07, 6.45) is 1.04. The van der Waals surface area contributed by atoms with Crippen molar-refractivity contribution in [3.05, 3.63) is 23.2 Å². The first-order valence-corrected chi connectivity index (χ1v) is 6.87. The molecule has 2 N–H and O–H groups in total. The van der Waals surface area contributed by atoms with Crippen LogP contribution in [0.5, 0.6) is 0 Å². The topological polar surface area (TPSA) is 29.3 Å². The summed E-state index contributed by atoms with van der Waals surface area (Å²) in [5, 5.41) is 1.43. The summed E-state index contributed by atoms with van der Waals surface area (Å²) in [5.41, 5.74) is 6.88. The Morgan fingerprint density at radius 3 is 3.12 bits per heavy atom. The first kappa shape index (κ1) is 12.1. The molecule has 0 fully saturated rings. The Labute approximate surface area is 106 Å². The lowest BCUT2D eigenvalue weighted by Gasteiger charge is -2.34. The molecule has 1 aromatic rings. The molecule has 0 saturated heterocycles. The first-order chi connectivity index (χ1) is 7.70. The van der Waals surface area contributed by atoms with Crippen LogP contribution in [0.2, 0.25) is 5.02 Å². The smallest absolute Gasteiger partial charge is 0.0505 e. The van der Waals surface area contributed by atoms with E-state index in [1.165, 1.54) is 10.6 Å². The van der Waals surface area contributed by atoms with Crippen LogP contribution < -0.4 is 10.6 Å². The zero-order chi connectivity index (χ0) is 11.5. The predicted molar refractivity (Wildman–Crippen MR) is 72.7 cm³/mol. The number of hydrogen-bond donors (Lipinski definition) is 1. The molecular weight excluding hydrogens is 240 g/mol. The van der Waals surface area contributed by atoms with Gasteiger partial charge in [-0.05, 0) is 31.2 Å². The third-order valence-corrected chi connectivity index (χ3v) is 4.07. The lowest BCUT2D eigenvalue weighted by Crippen LogP contribution is -2.34. The Hall–Kier alpha value is -0.380. The molecule has 2 nitrogen and oxygen atoms in total. The number of hydrogen-bond acceptors (Lipinski definition) is 3. The van der Waals surface area contributed by atoms with E-state index in [1.807, 2.05) is 17.8 Å². The van der Waals surface area contributed by atoms with E-state index in [2.05, 4.69) is 24.0 Å². The van der Waals surface area contributed by atoms with Crippen LogP contribution in [0.4, 0.5) is 5.69 Å². The van der Waals surface area contributed by atoms with E-state index in [0.29, 0.717) is 5.25 Å². The van der Waals surface area contributed by atoms with E-state index in [1.54, 1.807) is 0 Å². The van der Waals surface area contributed by atoms with Gasteiger partial charge in [0, 0.05) is 28.3 Å². The van der Waals surface area contributed by atoms with Gasteiger partial charge < -0.3 is 10.6 Å². The number of fused-ring (bicyclic) bond motifs is 1. The van der Waals surface area contributed by atoms with Crippen LogP contribution in [0.1, 0.15) is 13.3 Å². The van der Waals surface area contributed by atoms with Crippen molar-refractivity contribution in [2.45, 2.75) is 23.5 Å². The van der Waals surface area contributed by atoms with Crippen molar-refractivity contribution in [3.8, 4) is 0 Å². The second-order valence-corrected chi connectivity index (χ2v) is 6.05. The average Bonchev–Trinajstić information content (AvgIpc) is 2.25. The van der Waals surface area contributed by atoms with Crippen molar-refractivity contribution >= 4 is 29.1 Å². The lowest BCUT2D eigenvalue weighted by atomic mass is 10.2. The number of anilines is 1. The molecular formula is C12H17ClN2S. The summed E-state index contributed by atoms with van der Waals surface area (Å²) < 4.78 is 0. The zero-order valence-electron chi connectivity index (χ0n) is 9.45. The van der Waals surface area contributed by atoms with Gasteiger partial charge in [-0.3, -0.25) is 0 Å². The number of thioether (sulfide) groups is 1. The van der Waals surface area contributed by atoms with E-state index in [9.17, 15) is 0 Å². The van der Waals surface area contributed by atoms with Crippen LogP contribution in [0, 0.1) is 0 Å². The highest BCUT2D eigenvalue weighted by Gasteiger charge is 2.21. The van der Waals surface area contributed by atoms with Crippen molar-refractivity contribution in [1.29, 1.82) is 0 Å². The fourth-order valence-electron chi connectivity index (χ4n) is 2.00. The summed E-state index contributed by atoms with van der Waals surface area (Å²) >= 11 is 7.93. The van der Waals surface area contributed by atoms with Crippen molar-refractivity contribution in [2.24, 2.45) is 5.73 Å². The quantitative estimate of drug-likeness (QED) is 0.902. The molecule has 2 rings (SSSR count). The summed E-state index contributed by atoms with van der Waals surface area (Å²) in [6, 6.07) is 6.14. The Morgan fingerprint density at radius 2 is 2.38 bits per heavy atom. The van der Waals surface area contributed by atoms with Crippen LogP contribution in [-0.4, -0.2) is 24.9 Å². The molecule has 1 aromatic carbocycles. The SMILES string of the molecule is CC1CN(CCCN)c2ccc(Cl)cc2S1. The van der Waals surface area contributed by atoms with Crippen molar-refractivity contribution in [3.63, 3.8) is 0 Å². The highest BCUT2D eigenvalue weighted by atomic mass is 35.5. The summed E-state index contributed by atoms with van der Waals surface area (Å²) in [7, 11) is 0. The average molecular weight is 257 g/mol. The van der Waals surface area contributed by atoms with Gasteiger partial charge in [-0.25, -0.2) is 0 Å². The Bertz CT molecular complexity index is 370. The van der Waals surface area contributed by atoms with E-state index in [4.69, 9.17) is 17.3 Å². The van der Waals surface area contributed by atoms with E-state index in [-0.39, 0.29) is 0 Å². The minimum Gasteiger partial charge on any atom is -0.369 e. The number of nitrogens with two attached hydrogens (primary N) is 1. The monoisotopic (exact) mass is 256 g/mol. The molecule has 0 amide bonds. The van der Waals surface area contributed by atoms with Crippen molar-refractivity contribution in [1.82, 2.24) is 0 Å². The third kappa shape index (κ3) is 2.65. The molecule has 1 heterocycles. The maximum atomic E-state index is 6.02. The molecule has 0 aromatic heterocycles. The minimum absolute atomic E-state index is 0.615. The fourth-order valence-corrected chi connectivity index (χ4v) is 3.44. The van der Waals surface area contributed by atoms with Gasteiger partial charge in [-0.15, -0.1) is 11.8 Å². The van der Waals surface area contributed by atoms with Crippen LogP contribution in [0.25, 0.3) is 0 Å². The van der Waals surface area contributed by atoms with Gasteiger partial charge in [-0.2, -0.15) is 0 Å². The van der Waals surface area contributed by atoms with Crippen LogP contribution in [0.15, 0.2) is 23.1 Å². The van der Waals surface area contributed by atoms with Gasteiger partial charge in [-0.1, -0.05) is 18.5 Å². The number of nitrogens with zero attached hydrogens (tertiary/aromatic N) is 1. The van der Waals surface area contributed by atoms with Gasteiger partial charge in [0.05, 0.1) is 5.69 Å². The molecule has 0 radical (unpaired) electrons. The summed E-state index contributed by atoms with van der Waals surface area (Å²) in [5.74, 6) is 0. The zero-order valence-corrected chi connectivity index (χ0v) is 11.0. The minimum atomic E-state index is 0.615. The van der Waals surface area contributed by atoms with Gasteiger partial charge in [0.25, 0.3) is 0 Å². The van der Waals surface area contributed by atoms with E-state index < -0.39 is 0 Å². The summed E-state index contributed by atoms with van der Waals surface area (Å²) in [4.78, 5) is 3.71. The van der Waals surface area contributed by atoms with Crippen LogP contribution in [0.3, 0.4) is 0 Å². The Kier molecular flexibility index (Phi) is 4.00. The largest absolute Gasteiger partial charge is 0.369 e. The highest BCUT2D eigenvalue weighted by molar-refractivity contribution is 8.00. The maximum absolute atomic E-state index is 6.02. The van der Waals surface area contributed by atoms with Crippen molar-refractivity contribution < 1.29 is 0 Å². The summed E-state index contributed by atoms with van der Waals surface area (Å²) in [6.45, 7) is 5.14. The van der Waals surface area contributed by atoms with Crippen LogP contribution >= 0.6 is 23.4 Å². The second-order valence-electron chi connectivity index (χ2n) is 4.13. The number of rotatable bonds is 3. The standard InChI is InChI=1S/C12H17ClN2S/c1-9-8-15(6-2-5-14)11-4-3-10(13)7-12(11)16-9/h3-4,7,9H,2,5-6,8,14H2,1H3. The second kappa shape index (κ2) is 5.30. The lowest BCUT2D eigenvalue weighted by molar-refractivity contribution is 0.713. The normalized spacial score (nSPS) is 19.7. The van der Waals surface area contributed by atoms with Crippen LogP contribution in [-0.2, 0) is 0 Å². The molecule has 1 atom stereocenters. The third-order valence-electron chi connectivity index (χ3n) is 2.70. The molecule has 1 aliphatic rings. The number of benzene rings is 1. The van der Waals surface area contributed by atoms with Gasteiger partial charge in [0.2, 0.25) is 0 Å². The van der Waals surface area contributed by atoms with E-state index >= 15 is 0 Å². The van der Waals surface area contributed by atoms with Crippen molar-refractivity contribution in [2.75, 3.05) is 24.5 Å². The highest BCUT2D eigenvalue weighted by Crippen LogP contribution is 2.39. The molecule has 0 spiro atoms.